The molecule has 0 aliphatic heterocycles. The number of carboxylic acids is 1. The fraction of sp³-hybridized carbons (Fsp3) is 0.636. The monoisotopic (exact) mass is 286 g/mol. The minimum Gasteiger partial charge on any atom is -0.481 e. The van der Waals surface area contributed by atoms with Crippen molar-refractivity contribution in [2.75, 3.05) is 11.9 Å². The molecule has 0 saturated carbocycles. The van der Waals surface area contributed by atoms with Crippen LogP contribution in [0.3, 0.4) is 0 Å². The van der Waals surface area contributed by atoms with Gasteiger partial charge in [0.15, 0.2) is 0 Å². The minimum atomic E-state index is -0.814. The number of anilines is 1. The molecule has 1 unspecified atom stereocenters. The van der Waals surface area contributed by atoms with Gasteiger partial charge in [0, 0.05) is 6.54 Å². The summed E-state index contributed by atoms with van der Waals surface area (Å²) in [7, 11) is 0. The van der Waals surface area contributed by atoms with Crippen LogP contribution in [0.5, 0.6) is 0 Å². The van der Waals surface area contributed by atoms with Gasteiger partial charge in [-0.25, -0.2) is 4.79 Å². The predicted octanol–water partition coefficient (Wildman–Crippen LogP) is 1.72. The number of amides is 2. The molecule has 0 saturated heterocycles. The van der Waals surface area contributed by atoms with Crippen LogP contribution in [0.4, 0.5) is 9.93 Å². The van der Waals surface area contributed by atoms with Gasteiger partial charge >= 0.3 is 12.0 Å². The van der Waals surface area contributed by atoms with Crippen LogP contribution in [0.25, 0.3) is 0 Å². The highest BCUT2D eigenvalue weighted by Gasteiger charge is 2.10. The third-order valence-corrected chi connectivity index (χ3v) is 3.49. The summed E-state index contributed by atoms with van der Waals surface area (Å²) in [5, 5.41) is 23.0. The number of aryl methyl sites for hydroxylation is 1. The van der Waals surface area contributed by atoms with Gasteiger partial charge in [-0.2, -0.15) is 0 Å². The SMILES string of the molecule is CCc1nnc(NC(=O)NCCCC(C)C(=O)O)s1. The van der Waals surface area contributed by atoms with Crippen LogP contribution < -0.4 is 10.6 Å². The van der Waals surface area contributed by atoms with Gasteiger partial charge in [-0.3, -0.25) is 10.1 Å². The topological polar surface area (TPSA) is 104 Å². The number of nitrogens with zero attached hydrogens (tertiary/aromatic N) is 2. The maximum absolute atomic E-state index is 11.5. The Morgan fingerprint density at radius 1 is 1.42 bits per heavy atom. The zero-order chi connectivity index (χ0) is 14.3. The van der Waals surface area contributed by atoms with E-state index in [9.17, 15) is 9.59 Å². The Labute approximate surface area is 115 Å². The van der Waals surface area contributed by atoms with Crippen LogP contribution in [0, 0.1) is 5.92 Å². The van der Waals surface area contributed by atoms with Gasteiger partial charge in [-0.05, 0) is 19.3 Å². The lowest BCUT2D eigenvalue weighted by Crippen LogP contribution is -2.29. The number of aromatic nitrogens is 2. The van der Waals surface area contributed by atoms with Crippen LogP contribution in [-0.2, 0) is 11.2 Å². The maximum Gasteiger partial charge on any atom is 0.321 e. The summed E-state index contributed by atoms with van der Waals surface area (Å²) in [6, 6.07) is -0.346. The highest BCUT2D eigenvalue weighted by Crippen LogP contribution is 2.14. The van der Waals surface area contributed by atoms with Gasteiger partial charge in [0.2, 0.25) is 5.13 Å². The summed E-state index contributed by atoms with van der Waals surface area (Å²) in [6.07, 6.45) is 1.94. The minimum absolute atomic E-state index is 0.346. The fourth-order valence-electron chi connectivity index (χ4n) is 1.32. The largest absolute Gasteiger partial charge is 0.481 e. The van der Waals surface area contributed by atoms with Crippen LogP contribution >= 0.6 is 11.3 Å². The standard InChI is InChI=1S/C11H18N4O3S/c1-3-8-14-15-11(19-8)13-10(18)12-6-4-5-7(2)9(16)17/h7H,3-6H2,1-2H3,(H,16,17)(H2,12,13,15,18). The van der Waals surface area contributed by atoms with E-state index >= 15 is 0 Å². The third-order valence-electron chi connectivity index (χ3n) is 2.51. The number of nitrogens with one attached hydrogen (secondary N) is 2. The van der Waals surface area contributed by atoms with Crippen molar-refractivity contribution in [3.05, 3.63) is 5.01 Å². The van der Waals surface area contributed by atoms with Crippen LogP contribution in [-0.4, -0.2) is 33.8 Å². The number of hydrogen-bond donors (Lipinski definition) is 3. The quantitative estimate of drug-likeness (QED) is 0.662. The molecule has 1 heterocycles. The number of hydrogen-bond acceptors (Lipinski definition) is 5. The van der Waals surface area contributed by atoms with Gasteiger partial charge in [-0.15, -0.1) is 10.2 Å². The molecule has 1 aromatic rings. The molecule has 0 aliphatic rings. The van der Waals surface area contributed by atoms with E-state index in [4.69, 9.17) is 5.11 Å². The average Bonchev–Trinajstić information content (AvgIpc) is 2.81. The van der Waals surface area contributed by atoms with E-state index in [2.05, 4.69) is 20.8 Å². The normalized spacial score (nSPS) is 11.9. The number of aliphatic carboxylic acids is 1. The maximum atomic E-state index is 11.5. The van der Waals surface area contributed by atoms with Crippen LogP contribution in [0.2, 0.25) is 0 Å². The van der Waals surface area contributed by atoms with Crippen molar-refractivity contribution in [1.29, 1.82) is 0 Å². The number of carboxylic acid groups (broad SMARTS) is 1. The van der Waals surface area contributed by atoms with Crippen molar-refractivity contribution in [3.8, 4) is 0 Å². The molecular weight excluding hydrogens is 268 g/mol. The molecule has 19 heavy (non-hydrogen) atoms. The van der Waals surface area contributed by atoms with Crippen molar-refractivity contribution in [1.82, 2.24) is 15.5 Å². The molecule has 0 fully saturated rings. The molecule has 7 nitrogen and oxygen atoms in total. The Kier molecular flexibility index (Phi) is 6.20. The molecule has 106 valence electrons. The van der Waals surface area contributed by atoms with E-state index in [0.29, 0.717) is 24.5 Å². The number of urea groups is 1. The Balaban J connectivity index is 2.19. The van der Waals surface area contributed by atoms with Crippen LogP contribution in [0.15, 0.2) is 0 Å². The van der Waals surface area contributed by atoms with Gasteiger partial charge < -0.3 is 10.4 Å². The van der Waals surface area contributed by atoms with Crippen molar-refractivity contribution >= 4 is 28.5 Å². The van der Waals surface area contributed by atoms with E-state index in [-0.39, 0.29) is 11.9 Å². The number of rotatable bonds is 7. The summed E-state index contributed by atoms with van der Waals surface area (Å²) in [6.45, 7) is 4.05. The van der Waals surface area contributed by atoms with E-state index in [1.165, 1.54) is 11.3 Å². The summed E-state index contributed by atoms with van der Waals surface area (Å²) in [5.74, 6) is -1.20. The molecule has 8 heteroatoms. The lowest BCUT2D eigenvalue weighted by molar-refractivity contribution is -0.141. The molecular formula is C11H18N4O3S. The van der Waals surface area contributed by atoms with Gasteiger partial charge in [0.25, 0.3) is 0 Å². The Morgan fingerprint density at radius 3 is 2.74 bits per heavy atom. The third kappa shape index (κ3) is 5.64. The number of carbonyl (C=O) groups is 2. The summed E-state index contributed by atoms with van der Waals surface area (Å²) < 4.78 is 0. The molecule has 1 rings (SSSR count). The average molecular weight is 286 g/mol. The Bertz CT molecular complexity index is 435. The molecule has 2 amide bonds. The van der Waals surface area contributed by atoms with Gasteiger partial charge in [-0.1, -0.05) is 25.2 Å². The van der Waals surface area contributed by atoms with E-state index in [1.54, 1.807) is 6.92 Å². The van der Waals surface area contributed by atoms with E-state index < -0.39 is 5.97 Å². The summed E-state index contributed by atoms with van der Waals surface area (Å²) in [5.41, 5.74) is 0. The van der Waals surface area contributed by atoms with Crippen LogP contribution in [0.1, 0.15) is 31.7 Å². The molecule has 1 atom stereocenters. The molecule has 0 bridgehead atoms. The molecule has 0 spiro atoms. The van der Waals surface area contributed by atoms with Crippen molar-refractivity contribution in [2.24, 2.45) is 5.92 Å². The predicted molar refractivity (Wildman–Crippen MR) is 72.3 cm³/mol. The first-order chi connectivity index (χ1) is 9.02. The van der Waals surface area contributed by atoms with E-state index in [0.717, 1.165) is 11.4 Å². The van der Waals surface area contributed by atoms with E-state index in [1.807, 2.05) is 6.92 Å². The highest BCUT2D eigenvalue weighted by molar-refractivity contribution is 7.15. The molecule has 3 N–H and O–H groups in total. The second-order valence-corrected chi connectivity index (χ2v) is 5.18. The summed E-state index contributed by atoms with van der Waals surface area (Å²) in [4.78, 5) is 22.1. The second-order valence-electron chi connectivity index (χ2n) is 4.12. The van der Waals surface area contributed by atoms with Crippen molar-refractivity contribution in [3.63, 3.8) is 0 Å². The first-order valence-electron chi connectivity index (χ1n) is 6.13. The lowest BCUT2D eigenvalue weighted by atomic mass is 10.1. The van der Waals surface area contributed by atoms with Crippen molar-refractivity contribution in [2.45, 2.75) is 33.1 Å². The Morgan fingerprint density at radius 2 is 2.16 bits per heavy atom. The fourth-order valence-corrected chi connectivity index (χ4v) is 2.00. The molecule has 0 aliphatic carbocycles. The smallest absolute Gasteiger partial charge is 0.321 e. The first-order valence-corrected chi connectivity index (χ1v) is 6.94. The zero-order valence-corrected chi connectivity index (χ0v) is 11.8. The zero-order valence-electron chi connectivity index (χ0n) is 11.0. The van der Waals surface area contributed by atoms with Gasteiger partial charge in [0.05, 0.1) is 5.92 Å². The lowest BCUT2D eigenvalue weighted by Gasteiger charge is -2.07. The molecule has 0 aromatic carbocycles. The summed E-state index contributed by atoms with van der Waals surface area (Å²) >= 11 is 1.34. The highest BCUT2D eigenvalue weighted by atomic mass is 32.1. The first kappa shape index (κ1) is 15.4. The van der Waals surface area contributed by atoms with Crippen molar-refractivity contribution < 1.29 is 14.7 Å². The Hall–Kier alpha value is -1.70. The second kappa shape index (κ2) is 7.67. The molecule has 0 radical (unpaired) electrons. The number of carbonyl (C=O) groups excluding carboxylic acids is 1. The van der Waals surface area contributed by atoms with Gasteiger partial charge in [0.1, 0.15) is 5.01 Å². The molecule has 1 aromatic heterocycles.